The second-order valence-electron chi connectivity index (χ2n) is 6.05. The summed E-state index contributed by atoms with van der Waals surface area (Å²) in [7, 11) is 0. The molecule has 8 heteroatoms. The van der Waals surface area contributed by atoms with Crippen molar-refractivity contribution in [1.29, 1.82) is 0 Å². The van der Waals surface area contributed by atoms with E-state index in [9.17, 15) is 13.2 Å². The van der Waals surface area contributed by atoms with Gasteiger partial charge in [0.2, 0.25) is 0 Å². The fraction of sp³-hybridized carbons (Fsp3) is 0.471. The van der Waals surface area contributed by atoms with E-state index in [1.165, 1.54) is 6.20 Å². The molecule has 1 fully saturated rings. The highest BCUT2D eigenvalue weighted by molar-refractivity contribution is 5.46. The average molecular weight is 351 g/mol. The largest absolute Gasteiger partial charge is 0.433 e. The van der Waals surface area contributed by atoms with Gasteiger partial charge in [0.25, 0.3) is 0 Å². The van der Waals surface area contributed by atoms with Gasteiger partial charge in [0.1, 0.15) is 17.8 Å². The maximum atomic E-state index is 12.7. The van der Waals surface area contributed by atoms with E-state index >= 15 is 0 Å². The van der Waals surface area contributed by atoms with Crippen LogP contribution in [0.3, 0.4) is 0 Å². The van der Waals surface area contributed by atoms with Gasteiger partial charge in [0.05, 0.1) is 0 Å². The summed E-state index contributed by atoms with van der Waals surface area (Å²) in [6, 6.07) is 4.75. The Labute approximate surface area is 144 Å². The zero-order valence-corrected chi connectivity index (χ0v) is 13.9. The smallest absolute Gasteiger partial charge is 0.382 e. The molecule has 0 aromatic carbocycles. The molecule has 0 radical (unpaired) electrons. The molecule has 1 N–H and O–H groups in total. The van der Waals surface area contributed by atoms with E-state index in [1.54, 1.807) is 12.4 Å². The summed E-state index contributed by atoms with van der Waals surface area (Å²) < 4.78 is 38.2. The SMILES string of the molecule is CCc1cc(N2CCC(Nc3ccnc(C(F)(F)F)c3)CC2)ncn1. The summed E-state index contributed by atoms with van der Waals surface area (Å²) in [6.45, 7) is 3.65. The molecule has 1 saturated heterocycles. The molecule has 2 aromatic rings. The van der Waals surface area contributed by atoms with Crippen LogP contribution in [0.4, 0.5) is 24.7 Å². The van der Waals surface area contributed by atoms with E-state index in [1.807, 2.05) is 13.0 Å². The summed E-state index contributed by atoms with van der Waals surface area (Å²) in [5.74, 6) is 0.911. The fourth-order valence-electron chi connectivity index (χ4n) is 2.92. The van der Waals surface area contributed by atoms with Crippen molar-refractivity contribution in [2.75, 3.05) is 23.3 Å². The predicted molar refractivity (Wildman–Crippen MR) is 89.5 cm³/mol. The van der Waals surface area contributed by atoms with Crippen molar-refractivity contribution in [1.82, 2.24) is 15.0 Å². The predicted octanol–water partition coefficient (Wildman–Crippen LogP) is 3.53. The van der Waals surface area contributed by atoms with Crippen LogP contribution in [-0.2, 0) is 12.6 Å². The Bertz CT molecular complexity index is 711. The van der Waals surface area contributed by atoms with Crippen molar-refractivity contribution in [3.8, 4) is 0 Å². The Morgan fingerprint density at radius 1 is 1.16 bits per heavy atom. The minimum atomic E-state index is -4.43. The lowest BCUT2D eigenvalue weighted by Crippen LogP contribution is -2.39. The maximum Gasteiger partial charge on any atom is 0.433 e. The van der Waals surface area contributed by atoms with E-state index in [2.05, 4.69) is 25.2 Å². The number of hydrogen-bond donors (Lipinski definition) is 1. The molecule has 0 spiro atoms. The van der Waals surface area contributed by atoms with Gasteiger partial charge in [-0.25, -0.2) is 9.97 Å². The van der Waals surface area contributed by atoms with Gasteiger partial charge in [0.15, 0.2) is 0 Å². The van der Waals surface area contributed by atoms with Gasteiger partial charge >= 0.3 is 6.18 Å². The topological polar surface area (TPSA) is 53.9 Å². The van der Waals surface area contributed by atoms with E-state index in [0.717, 1.165) is 49.9 Å². The Morgan fingerprint density at radius 3 is 2.60 bits per heavy atom. The van der Waals surface area contributed by atoms with Gasteiger partial charge in [-0.05, 0) is 31.4 Å². The third kappa shape index (κ3) is 4.37. The number of alkyl halides is 3. The third-order valence-corrected chi connectivity index (χ3v) is 4.31. The van der Waals surface area contributed by atoms with Crippen LogP contribution in [0.5, 0.6) is 0 Å². The highest BCUT2D eigenvalue weighted by Gasteiger charge is 2.32. The first kappa shape index (κ1) is 17.4. The number of rotatable bonds is 4. The summed E-state index contributed by atoms with van der Waals surface area (Å²) >= 11 is 0. The minimum Gasteiger partial charge on any atom is -0.382 e. The average Bonchev–Trinajstić information content (AvgIpc) is 2.62. The van der Waals surface area contributed by atoms with Gasteiger partial charge < -0.3 is 10.2 Å². The summed E-state index contributed by atoms with van der Waals surface area (Å²) in [4.78, 5) is 14.1. The van der Waals surface area contributed by atoms with Crippen LogP contribution >= 0.6 is 0 Å². The highest BCUT2D eigenvalue weighted by atomic mass is 19.4. The molecular weight excluding hydrogens is 331 g/mol. The van der Waals surface area contributed by atoms with E-state index in [4.69, 9.17) is 0 Å². The molecule has 0 amide bonds. The number of hydrogen-bond acceptors (Lipinski definition) is 5. The number of nitrogens with zero attached hydrogens (tertiary/aromatic N) is 4. The molecule has 5 nitrogen and oxygen atoms in total. The number of halogens is 3. The van der Waals surface area contributed by atoms with Crippen molar-refractivity contribution in [3.63, 3.8) is 0 Å². The fourth-order valence-corrected chi connectivity index (χ4v) is 2.92. The van der Waals surface area contributed by atoms with Crippen molar-refractivity contribution in [3.05, 3.63) is 42.1 Å². The van der Waals surface area contributed by atoms with E-state index in [0.29, 0.717) is 5.69 Å². The molecule has 25 heavy (non-hydrogen) atoms. The Balaban J connectivity index is 1.59. The molecule has 1 aliphatic rings. The third-order valence-electron chi connectivity index (χ3n) is 4.31. The second-order valence-corrected chi connectivity index (χ2v) is 6.05. The first-order valence-corrected chi connectivity index (χ1v) is 8.31. The zero-order chi connectivity index (χ0) is 17.9. The van der Waals surface area contributed by atoms with Crippen LogP contribution in [-0.4, -0.2) is 34.1 Å². The molecule has 3 heterocycles. The quantitative estimate of drug-likeness (QED) is 0.913. The Kier molecular flexibility index (Phi) is 5.06. The molecule has 0 atom stereocenters. The minimum absolute atomic E-state index is 0.132. The molecule has 0 aliphatic carbocycles. The lowest BCUT2D eigenvalue weighted by Gasteiger charge is -2.33. The van der Waals surface area contributed by atoms with Gasteiger partial charge in [-0.3, -0.25) is 4.98 Å². The first-order valence-electron chi connectivity index (χ1n) is 8.31. The van der Waals surface area contributed by atoms with E-state index < -0.39 is 11.9 Å². The number of pyridine rings is 1. The molecule has 3 rings (SSSR count). The second kappa shape index (κ2) is 7.25. The maximum absolute atomic E-state index is 12.7. The number of aryl methyl sites for hydroxylation is 1. The van der Waals surface area contributed by atoms with Crippen LogP contribution in [0.15, 0.2) is 30.7 Å². The van der Waals surface area contributed by atoms with Crippen LogP contribution < -0.4 is 10.2 Å². The standard InChI is InChI=1S/C17H20F3N5/c1-2-12-10-16(23-11-22-12)25-7-4-13(5-8-25)24-14-3-6-21-15(9-14)17(18,19)20/h3,6,9-11,13H,2,4-5,7-8H2,1H3,(H,21,24). The summed E-state index contributed by atoms with van der Waals surface area (Å²) in [5.41, 5.74) is 0.584. The van der Waals surface area contributed by atoms with Crippen LogP contribution in [0, 0.1) is 0 Å². The van der Waals surface area contributed by atoms with Gasteiger partial charge in [-0.1, -0.05) is 6.92 Å². The molecule has 0 unspecified atom stereocenters. The highest BCUT2D eigenvalue weighted by Crippen LogP contribution is 2.29. The molecule has 0 bridgehead atoms. The number of piperidine rings is 1. The molecule has 0 saturated carbocycles. The number of nitrogens with one attached hydrogen (secondary N) is 1. The Hall–Kier alpha value is -2.38. The first-order chi connectivity index (χ1) is 12.0. The van der Waals surface area contributed by atoms with Crippen LogP contribution in [0.2, 0.25) is 0 Å². The van der Waals surface area contributed by atoms with Crippen molar-refractivity contribution < 1.29 is 13.2 Å². The van der Waals surface area contributed by atoms with Gasteiger partial charge in [-0.2, -0.15) is 13.2 Å². The monoisotopic (exact) mass is 351 g/mol. The lowest BCUT2D eigenvalue weighted by atomic mass is 10.0. The zero-order valence-electron chi connectivity index (χ0n) is 13.9. The molecular formula is C17H20F3N5. The molecule has 2 aromatic heterocycles. The van der Waals surface area contributed by atoms with Crippen molar-refractivity contribution >= 4 is 11.5 Å². The summed E-state index contributed by atoms with van der Waals surface area (Å²) in [5, 5.41) is 3.19. The lowest BCUT2D eigenvalue weighted by molar-refractivity contribution is -0.141. The van der Waals surface area contributed by atoms with Crippen molar-refractivity contribution in [2.24, 2.45) is 0 Å². The Morgan fingerprint density at radius 2 is 1.92 bits per heavy atom. The van der Waals surface area contributed by atoms with Crippen molar-refractivity contribution in [2.45, 2.75) is 38.4 Å². The number of anilines is 2. The molecule has 134 valence electrons. The van der Waals surface area contributed by atoms with Crippen LogP contribution in [0.25, 0.3) is 0 Å². The number of aromatic nitrogens is 3. The molecule has 1 aliphatic heterocycles. The summed E-state index contributed by atoms with van der Waals surface area (Å²) in [6.07, 6.45) is 0.855. The van der Waals surface area contributed by atoms with E-state index in [-0.39, 0.29) is 6.04 Å². The van der Waals surface area contributed by atoms with Gasteiger partial charge in [-0.15, -0.1) is 0 Å². The van der Waals surface area contributed by atoms with Crippen LogP contribution in [0.1, 0.15) is 31.2 Å². The van der Waals surface area contributed by atoms with Gasteiger partial charge in [0, 0.05) is 42.8 Å². The normalized spacial score (nSPS) is 16.1.